The fraction of sp³-hybridized carbons (Fsp3) is 0.533. The Labute approximate surface area is 103 Å². The molecule has 2 fully saturated rings. The number of Topliss-reactive ketones (excluding diaryl/α,β-unsaturated/α-hetero) is 1. The van der Waals surface area contributed by atoms with E-state index in [1.807, 2.05) is 31.2 Å². The first-order chi connectivity index (χ1) is 8.22. The summed E-state index contributed by atoms with van der Waals surface area (Å²) in [7, 11) is 0. The Hall–Kier alpha value is -1.15. The van der Waals surface area contributed by atoms with E-state index < -0.39 is 0 Å². The Morgan fingerprint density at radius 2 is 2.29 bits per heavy atom. The van der Waals surface area contributed by atoms with Gasteiger partial charge < -0.3 is 0 Å². The number of carbonyl (C=O) groups is 1. The fourth-order valence-electron chi connectivity index (χ4n) is 3.31. The summed E-state index contributed by atoms with van der Waals surface area (Å²) < 4.78 is 0. The lowest BCUT2D eigenvalue weighted by atomic mass is 10.1. The minimum Gasteiger partial charge on any atom is -0.293 e. The maximum absolute atomic E-state index is 12.2. The molecule has 3 rings (SSSR count). The second kappa shape index (κ2) is 4.26. The first-order valence-corrected chi connectivity index (χ1v) is 6.56. The summed E-state index contributed by atoms with van der Waals surface area (Å²) in [5.74, 6) is 1.14. The third-order valence-electron chi connectivity index (χ3n) is 4.21. The van der Waals surface area contributed by atoms with Crippen LogP contribution in [0.5, 0.6) is 0 Å². The monoisotopic (exact) mass is 229 g/mol. The number of hydrogen-bond acceptors (Lipinski definition) is 2. The average molecular weight is 229 g/mol. The smallest absolute Gasteiger partial charge is 0.176 e. The van der Waals surface area contributed by atoms with Crippen LogP contribution >= 0.6 is 0 Å². The third-order valence-corrected chi connectivity index (χ3v) is 4.21. The first-order valence-electron chi connectivity index (χ1n) is 6.56. The van der Waals surface area contributed by atoms with Crippen molar-refractivity contribution in [1.29, 1.82) is 0 Å². The van der Waals surface area contributed by atoms with Crippen molar-refractivity contribution in [1.82, 2.24) is 4.90 Å². The van der Waals surface area contributed by atoms with Gasteiger partial charge in [-0.15, -0.1) is 0 Å². The van der Waals surface area contributed by atoms with Crippen LogP contribution in [-0.2, 0) is 0 Å². The number of piperidine rings is 1. The highest BCUT2D eigenvalue weighted by molar-refractivity contribution is 5.97. The Morgan fingerprint density at radius 3 is 2.94 bits per heavy atom. The Kier molecular flexibility index (Phi) is 2.75. The quantitative estimate of drug-likeness (QED) is 0.743. The second-order valence-corrected chi connectivity index (χ2v) is 5.56. The van der Waals surface area contributed by atoms with Gasteiger partial charge in [-0.25, -0.2) is 0 Å². The van der Waals surface area contributed by atoms with Gasteiger partial charge in [0.05, 0.1) is 6.54 Å². The van der Waals surface area contributed by atoms with E-state index in [2.05, 4.69) is 4.90 Å². The van der Waals surface area contributed by atoms with Crippen LogP contribution in [0.3, 0.4) is 0 Å². The van der Waals surface area contributed by atoms with Crippen LogP contribution in [0.25, 0.3) is 0 Å². The van der Waals surface area contributed by atoms with E-state index in [9.17, 15) is 4.79 Å². The molecule has 1 aromatic rings. The lowest BCUT2D eigenvalue weighted by Crippen LogP contribution is -2.36. The molecule has 0 N–H and O–H groups in total. The zero-order valence-electron chi connectivity index (χ0n) is 10.4. The molecule has 1 aliphatic heterocycles. The largest absolute Gasteiger partial charge is 0.293 e. The number of benzene rings is 1. The van der Waals surface area contributed by atoms with Gasteiger partial charge in [-0.1, -0.05) is 23.8 Å². The van der Waals surface area contributed by atoms with Gasteiger partial charge >= 0.3 is 0 Å². The standard InChI is InChI=1S/C15H19NO/c1-11-3-2-4-13(7-11)15(17)10-16-9-12-5-6-14(16)8-12/h2-4,7,12,14H,5-6,8-10H2,1H3. The number of ketones is 1. The molecule has 2 aliphatic rings. The molecular formula is C15H19NO. The van der Waals surface area contributed by atoms with Crippen molar-refractivity contribution in [3.05, 3.63) is 35.4 Å². The normalized spacial score (nSPS) is 27.6. The van der Waals surface area contributed by atoms with Gasteiger partial charge in [0.25, 0.3) is 0 Å². The van der Waals surface area contributed by atoms with Crippen molar-refractivity contribution in [2.24, 2.45) is 5.92 Å². The highest BCUT2D eigenvalue weighted by Crippen LogP contribution is 2.37. The molecule has 0 radical (unpaired) electrons. The zero-order chi connectivity index (χ0) is 11.8. The van der Waals surface area contributed by atoms with Crippen LogP contribution in [0.2, 0.25) is 0 Å². The first kappa shape index (κ1) is 11.0. The van der Waals surface area contributed by atoms with Crippen molar-refractivity contribution < 1.29 is 4.79 Å². The van der Waals surface area contributed by atoms with E-state index in [4.69, 9.17) is 0 Å². The predicted octanol–water partition coefficient (Wildman–Crippen LogP) is 2.66. The molecule has 2 heteroatoms. The van der Waals surface area contributed by atoms with Crippen LogP contribution in [0.15, 0.2) is 24.3 Å². The number of aryl methyl sites for hydroxylation is 1. The van der Waals surface area contributed by atoms with E-state index >= 15 is 0 Å². The summed E-state index contributed by atoms with van der Waals surface area (Å²) in [6.45, 7) is 3.79. The van der Waals surface area contributed by atoms with Gasteiger partial charge in [-0.2, -0.15) is 0 Å². The number of rotatable bonds is 3. The van der Waals surface area contributed by atoms with Crippen molar-refractivity contribution in [2.75, 3.05) is 13.1 Å². The van der Waals surface area contributed by atoms with Crippen molar-refractivity contribution in [2.45, 2.75) is 32.2 Å². The number of nitrogens with zero attached hydrogens (tertiary/aromatic N) is 1. The second-order valence-electron chi connectivity index (χ2n) is 5.56. The van der Waals surface area contributed by atoms with Crippen LogP contribution in [0.1, 0.15) is 35.2 Å². The van der Waals surface area contributed by atoms with E-state index in [1.54, 1.807) is 0 Å². The highest BCUT2D eigenvalue weighted by atomic mass is 16.1. The van der Waals surface area contributed by atoms with Crippen LogP contribution in [0.4, 0.5) is 0 Å². The summed E-state index contributed by atoms with van der Waals surface area (Å²) in [6, 6.07) is 8.63. The lowest BCUT2D eigenvalue weighted by Gasteiger charge is -2.25. The summed E-state index contributed by atoms with van der Waals surface area (Å²) >= 11 is 0. The molecule has 0 aromatic heterocycles. The third kappa shape index (κ3) is 2.14. The van der Waals surface area contributed by atoms with E-state index in [0.717, 1.165) is 18.0 Å². The lowest BCUT2D eigenvalue weighted by molar-refractivity contribution is 0.0905. The molecule has 1 saturated heterocycles. The van der Waals surface area contributed by atoms with Gasteiger partial charge in [-0.3, -0.25) is 9.69 Å². The van der Waals surface area contributed by atoms with Crippen molar-refractivity contribution in [3.63, 3.8) is 0 Å². The Morgan fingerprint density at radius 1 is 1.41 bits per heavy atom. The number of hydrogen-bond donors (Lipinski definition) is 0. The molecule has 2 atom stereocenters. The average Bonchev–Trinajstić information content (AvgIpc) is 2.91. The number of fused-ring (bicyclic) bond motifs is 2. The van der Waals surface area contributed by atoms with Gasteiger partial charge in [0.15, 0.2) is 5.78 Å². The maximum Gasteiger partial charge on any atom is 0.176 e. The molecule has 17 heavy (non-hydrogen) atoms. The predicted molar refractivity (Wildman–Crippen MR) is 68.2 cm³/mol. The molecule has 90 valence electrons. The van der Waals surface area contributed by atoms with Crippen LogP contribution in [-0.4, -0.2) is 29.8 Å². The molecular weight excluding hydrogens is 210 g/mol. The molecule has 1 heterocycles. The summed E-state index contributed by atoms with van der Waals surface area (Å²) in [6.07, 6.45) is 3.99. The molecule has 2 nitrogen and oxygen atoms in total. The van der Waals surface area contributed by atoms with Gasteiger partial charge in [0.1, 0.15) is 0 Å². The van der Waals surface area contributed by atoms with Crippen LogP contribution in [0, 0.1) is 12.8 Å². The maximum atomic E-state index is 12.2. The van der Waals surface area contributed by atoms with Crippen molar-refractivity contribution >= 4 is 5.78 Å². The Bertz CT molecular complexity index is 440. The Balaban J connectivity index is 1.68. The minimum absolute atomic E-state index is 0.279. The van der Waals surface area contributed by atoms with E-state index in [-0.39, 0.29) is 5.78 Å². The highest BCUT2D eigenvalue weighted by Gasteiger charge is 2.38. The van der Waals surface area contributed by atoms with E-state index in [0.29, 0.717) is 12.6 Å². The van der Waals surface area contributed by atoms with Crippen LogP contribution < -0.4 is 0 Å². The SMILES string of the molecule is Cc1cccc(C(=O)CN2CC3CCC2C3)c1. The fourth-order valence-corrected chi connectivity index (χ4v) is 3.31. The van der Waals surface area contributed by atoms with E-state index in [1.165, 1.54) is 24.8 Å². The zero-order valence-corrected chi connectivity index (χ0v) is 10.4. The molecule has 1 aliphatic carbocycles. The van der Waals surface area contributed by atoms with Gasteiger partial charge in [0, 0.05) is 18.2 Å². The summed E-state index contributed by atoms with van der Waals surface area (Å²) in [5, 5.41) is 0. The molecule has 2 bridgehead atoms. The number of likely N-dealkylation sites (tertiary alicyclic amines) is 1. The molecule has 0 amide bonds. The van der Waals surface area contributed by atoms with Gasteiger partial charge in [0.2, 0.25) is 0 Å². The summed E-state index contributed by atoms with van der Waals surface area (Å²) in [4.78, 5) is 14.6. The molecule has 1 saturated carbocycles. The molecule has 1 aromatic carbocycles. The number of carbonyl (C=O) groups excluding carboxylic acids is 1. The van der Waals surface area contributed by atoms with Gasteiger partial charge in [-0.05, 0) is 38.2 Å². The molecule has 0 spiro atoms. The summed E-state index contributed by atoms with van der Waals surface area (Å²) in [5.41, 5.74) is 2.03. The van der Waals surface area contributed by atoms with Crippen molar-refractivity contribution in [3.8, 4) is 0 Å². The minimum atomic E-state index is 0.279. The molecule has 2 unspecified atom stereocenters. The topological polar surface area (TPSA) is 20.3 Å².